The number of halogens is 1. The molecule has 1 rings (SSSR count). The highest BCUT2D eigenvalue weighted by Gasteiger charge is 2.13. The monoisotopic (exact) mass is 275 g/mol. The largest absolute Gasteiger partial charge is 0.313 e. The van der Waals surface area contributed by atoms with Gasteiger partial charge in [0.25, 0.3) is 0 Å². The van der Waals surface area contributed by atoms with Crippen molar-refractivity contribution in [2.45, 2.75) is 31.2 Å². The molecule has 5 heteroatoms. The van der Waals surface area contributed by atoms with Gasteiger partial charge in [0.15, 0.2) is 9.84 Å². The van der Waals surface area contributed by atoms with Crippen LogP contribution in [0.5, 0.6) is 0 Å². The van der Waals surface area contributed by atoms with E-state index in [0.717, 1.165) is 6.42 Å². The molecule has 0 aromatic heterocycles. The first-order valence-electron chi connectivity index (χ1n) is 5.67. The van der Waals surface area contributed by atoms with Gasteiger partial charge in [-0.2, -0.15) is 0 Å². The molecule has 17 heavy (non-hydrogen) atoms. The molecule has 1 aromatic carbocycles. The van der Waals surface area contributed by atoms with Crippen molar-refractivity contribution in [3.8, 4) is 0 Å². The van der Waals surface area contributed by atoms with E-state index in [0.29, 0.717) is 22.5 Å². The van der Waals surface area contributed by atoms with Crippen LogP contribution >= 0.6 is 11.6 Å². The normalized spacial score (nSPS) is 13.6. The summed E-state index contributed by atoms with van der Waals surface area (Å²) in [5.74, 6) is 0.110. The zero-order valence-corrected chi connectivity index (χ0v) is 11.7. The SMILES string of the molecule is CC[C@H](C)NCCS(=O)(=O)c1ccc(Cl)cc1. The maximum absolute atomic E-state index is 11.9. The molecule has 3 nitrogen and oxygen atoms in total. The fourth-order valence-electron chi connectivity index (χ4n) is 1.34. The molecule has 0 heterocycles. The van der Waals surface area contributed by atoms with Gasteiger partial charge in [-0.05, 0) is 37.6 Å². The molecule has 1 N–H and O–H groups in total. The van der Waals surface area contributed by atoms with E-state index in [1.165, 1.54) is 0 Å². The number of benzene rings is 1. The third kappa shape index (κ3) is 4.66. The fourth-order valence-corrected chi connectivity index (χ4v) is 2.64. The van der Waals surface area contributed by atoms with Crippen molar-refractivity contribution in [1.82, 2.24) is 5.32 Å². The Balaban J connectivity index is 2.60. The van der Waals surface area contributed by atoms with E-state index in [9.17, 15) is 8.42 Å². The molecular formula is C12H18ClNO2S. The lowest BCUT2D eigenvalue weighted by molar-refractivity contribution is 0.544. The smallest absolute Gasteiger partial charge is 0.179 e. The number of nitrogens with one attached hydrogen (secondary N) is 1. The Labute approximate surface area is 108 Å². The first-order chi connectivity index (χ1) is 7.95. The molecule has 1 atom stereocenters. The van der Waals surface area contributed by atoms with E-state index in [1.54, 1.807) is 24.3 Å². The molecule has 0 spiro atoms. The molecule has 96 valence electrons. The Hall–Kier alpha value is -0.580. The number of rotatable bonds is 6. The van der Waals surface area contributed by atoms with Crippen LogP contribution < -0.4 is 5.32 Å². The molecule has 0 aliphatic carbocycles. The molecule has 0 aliphatic heterocycles. The minimum absolute atomic E-state index is 0.110. The zero-order valence-electron chi connectivity index (χ0n) is 10.1. The van der Waals surface area contributed by atoms with Crippen molar-refractivity contribution in [3.05, 3.63) is 29.3 Å². The van der Waals surface area contributed by atoms with Gasteiger partial charge in [-0.3, -0.25) is 0 Å². The molecule has 0 unspecified atom stereocenters. The standard InChI is InChI=1S/C12H18ClNO2S/c1-3-10(2)14-8-9-17(15,16)12-6-4-11(13)5-7-12/h4-7,10,14H,3,8-9H2,1-2H3/t10-/m0/s1. The first-order valence-corrected chi connectivity index (χ1v) is 7.70. The third-order valence-electron chi connectivity index (χ3n) is 2.65. The highest BCUT2D eigenvalue weighted by molar-refractivity contribution is 7.91. The third-order valence-corrected chi connectivity index (χ3v) is 4.63. The maximum atomic E-state index is 11.9. The first kappa shape index (κ1) is 14.5. The Morgan fingerprint density at radius 2 is 1.88 bits per heavy atom. The van der Waals surface area contributed by atoms with Crippen LogP contribution in [0.1, 0.15) is 20.3 Å². The Morgan fingerprint density at radius 3 is 2.41 bits per heavy atom. The average molecular weight is 276 g/mol. The lowest BCUT2D eigenvalue weighted by Crippen LogP contribution is -2.30. The van der Waals surface area contributed by atoms with Gasteiger partial charge < -0.3 is 5.32 Å². The van der Waals surface area contributed by atoms with Crippen LogP contribution in [0.15, 0.2) is 29.2 Å². The van der Waals surface area contributed by atoms with Gasteiger partial charge in [-0.1, -0.05) is 18.5 Å². The molecule has 0 saturated carbocycles. The van der Waals surface area contributed by atoms with Crippen molar-refractivity contribution in [1.29, 1.82) is 0 Å². The zero-order chi connectivity index (χ0) is 12.9. The quantitative estimate of drug-likeness (QED) is 0.868. The highest BCUT2D eigenvalue weighted by atomic mass is 35.5. The Bertz CT molecular complexity index is 442. The lowest BCUT2D eigenvalue weighted by Gasteiger charge is -2.11. The second-order valence-corrected chi connectivity index (χ2v) is 6.58. The topological polar surface area (TPSA) is 46.2 Å². The number of hydrogen-bond acceptors (Lipinski definition) is 3. The van der Waals surface area contributed by atoms with Crippen molar-refractivity contribution in [3.63, 3.8) is 0 Å². The minimum Gasteiger partial charge on any atom is -0.313 e. The van der Waals surface area contributed by atoms with Crippen LogP contribution in [-0.4, -0.2) is 26.8 Å². The summed E-state index contributed by atoms with van der Waals surface area (Å²) in [5, 5.41) is 3.71. The van der Waals surface area contributed by atoms with Gasteiger partial charge >= 0.3 is 0 Å². The van der Waals surface area contributed by atoms with Crippen LogP contribution in [0.3, 0.4) is 0 Å². The Kier molecular flexibility index (Phi) is 5.43. The highest BCUT2D eigenvalue weighted by Crippen LogP contribution is 2.15. The van der Waals surface area contributed by atoms with Crippen LogP contribution in [0.2, 0.25) is 5.02 Å². The van der Waals surface area contributed by atoms with Gasteiger partial charge in [0.2, 0.25) is 0 Å². The predicted octanol–water partition coefficient (Wildman–Crippen LogP) is 2.50. The summed E-state index contributed by atoms with van der Waals surface area (Å²) in [6, 6.07) is 6.62. The summed E-state index contributed by atoms with van der Waals surface area (Å²) in [5.41, 5.74) is 0. The number of sulfone groups is 1. The molecular weight excluding hydrogens is 258 g/mol. The van der Waals surface area contributed by atoms with Crippen molar-refractivity contribution < 1.29 is 8.42 Å². The van der Waals surface area contributed by atoms with Crippen LogP contribution in [0, 0.1) is 0 Å². The van der Waals surface area contributed by atoms with Gasteiger partial charge in [0.05, 0.1) is 10.6 Å². The lowest BCUT2D eigenvalue weighted by atomic mass is 10.3. The molecule has 1 aromatic rings. The Morgan fingerprint density at radius 1 is 1.29 bits per heavy atom. The van der Waals surface area contributed by atoms with E-state index >= 15 is 0 Å². The van der Waals surface area contributed by atoms with Crippen molar-refractivity contribution in [2.24, 2.45) is 0 Å². The molecule has 0 amide bonds. The fraction of sp³-hybridized carbons (Fsp3) is 0.500. The van der Waals surface area contributed by atoms with E-state index in [1.807, 2.05) is 6.92 Å². The van der Waals surface area contributed by atoms with E-state index in [-0.39, 0.29) is 5.75 Å². The number of hydrogen-bond donors (Lipinski definition) is 1. The molecule has 0 fully saturated rings. The van der Waals surface area contributed by atoms with Gasteiger partial charge in [-0.25, -0.2) is 8.42 Å². The second-order valence-electron chi connectivity index (χ2n) is 4.04. The molecule has 0 radical (unpaired) electrons. The predicted molar refractivity (Wildman–Crippen MR) is 71.3 cm³/mol. The second kappa shape index (κ2) is 6.38. The average Bonchev–Trinajstić information content (AvgIpc) is 2.29. The van der Waals surface area contributed by atoms with Crippen LogP contribution in [0.25, 0.3) is 0 Å². The summed E-state index contributed by atoms with van der Waals surface area (Å²) in [7, 11) is -3.20. The summed E-state index contributed by atoms with van der Waals surface area (Å²) in [6.45, 7) is 4.57. The van der Waals surface area contributed by atoms with Crippen LogP contribution in [0.4, 0.5) is 0 Å². The van der Waals surface area contributed by atoms with Gasteiger partial charge in [0.1, 0.15) is 0 Å². The van der Waals surface area contributed by atoms with E-state index in [2.05, 4.69) is 12.2 Å². The van der Waals surface area contributed by atoms with E-state index in [4.69, 9.17) is 11.6 Å². The van der Waals surface area contributed by atoms with E-state index < -0.39 is 9.84 Å². The molecule has 0 saturated heterocycles. The summed E-state index contributed by atoms with van der Waals surface area (Å²) in [6.07, 6.45) is 0.987. The summed E-state index contributed by atoms with van der Waals surface area (Å²) < 4.78 is 23.9. The van der Waals surface area contributed by atoms with Gasteiger partial charge in [0, 0.05) is 17.6 Å². The maximum Gasteiger partial charge on any atom is 0.179 e. The molecule has 0 aliphatic rings. The van der Waals surface area contributed by atoms with Gasteiger partial charge in [-0.15, -0.1) is 0 Å². The summed E-state index contributed by atoms with van der Waals surface area (Å²) in [4.78, 5) is 0.327. The minimum atomic E-state index is -3.20. The van der Waals surface area contributed by atoms with Crippen molar-refractivity contribution >= 4 is 21.4 Å². The van der Waals surface area contributed by atoms with Crippen molar-refractivity contribution in [2.75, 3.05) is 12.3 Å². The summed E-state index contributed by atoms with van der Waals surface area (Å²) >= 11 is 5.72. The molecule has 0 bridgehead atoms. The van der Waals surface area contributed by atoms with Crippen LogP contribution in [-0.2, 0) is 9.84 Å².